The van der Waals surface area contributed by atoms with E-state index in [1.807, 2.05) is 0 Å². The van der Waals surface area contributed by atoms with Crippen molar-refractivity contribution in [2.45, 2.75) is 13.8 Å². The third kappa shape index (κ3) is 3.33. The first-order valence-electron chi connectivity index (χ1n) is 2.28. The van der Waals surface area contributed by atoms with Gasteiger partial charge in [-0.2, -0.15) is 0 Å². The van der Waals surface area contributed by atoms with E-state index in [2.05, 4.69) is 9.73 Å². The Kier molecular flexibility index (Phi) is 2.84. The zero-order valence-corrected chi connectivity index (χ0v) is 5.26. The number of nitrogens with zero attached hydrogens (tertiary/aromatic N) is 1. The summed E-state index contributed by atoms with van der Waals surface area (Å²) in [6.07, 6.45) is 0. The molecule has 46 valence electrons. The summed E-state index contributed by atoms with van der Waals surface area (Å²) in [7, 11) is 1.57. The minimum absolute atomic E-state index is 0.326. The summed E-state index contributed by atoms with van der Waals surface area (Å²) in [5.41, 5.74) is 0. The van der Waals surface area contributed by atoms with E-state index in [-0.39, 0.29) is 5.97 Å². The van der Waals surface area contributed by atoms with Crippen LogP contribution in [0.3, 0.4) is 0 Å². The van der Waals surface area contributed by atoms with Crippen molar-refractivity contribution >= 4 is 11.9 Å². The van der Waals surface area contributed by atoms with Crippen molar-refractivity contribution < 1.29 is 9.53 Å². The molecule has 0 atom stereocenters. The molecule has 0 rings (SSSR count). The van der Waals surface area contributed by atoms with Gasteiger partial charge >= 0.3 is 5.97 Å². The molecule has 0 N–H and O–H groups in total. The molecule has 0 amide bonds. The van der Waals surface area contributed by atoms with Gasteiger partial charge in [-0.15, -0.1) is 0 Å². The molecule has 0 saturated carbocycles. The summed E-state index contributed by atoms with van der Waals surface area (Å²) in [4.78, 5) is 13.7. The van der Waals surface area contributed by atoms with Crippen LogP contribution in [0.1, 0.15) is 13.8 Å². The Hall–Kier alpha value is -0.860. The molecule has 0 bridgehead atoms. The van der Waals surface area contributed by atoms with E-state index in [0.29, 0.717) is 5.90 Å². The first-order chi connectivity index (χ1) is 3.66. The molecule has 0 heterocycles. The fourth-order valence-electron chi connectivity index (χ4n) is 0.254. The van der Waals surface area contributed by atoms with E-state index in [1.54, 1.807) is 14.0 Å². The molecule has 0 aromatic heterocycles. The van der Waals surface area contributed by atoms with Crippen molar-refractivity contribution in [2.75, 3.05) is 7.05 Å². The zero-order valence-electron chi connectivity index (χ0n) is 5.26. The van der Waals surface area contributed by atoms with Gasteiger partial charge in [0.05, 0.1) is 0 Å². The van der Waals surface area contributed by atoms with Gasteiger partial charge in [0.25, 0.3) is 0 Å². The van der Waals surface area contributed by atoms with E-state index in [9.17, 15) is 4.79 Å². The lowest BCUT2D eigenvalue weighted by atomic mass is 10.7. The average molecular weight is 115 g/mol. The molecule has 0 aromatic rings. The average Bonchev–Trinajstić information content (AvgIpc) is 1.65. The molecule has 0 saturated heterocycles. The van der Waals surface area contributed by atoms with Crippen LogP contribution in [0.15, 0.2) is 4.99 Å². The highest BCUT2D eigenvalue weighted by atomic mass is 16.5. The summed E-state index contributed by atoms with van der Waals surface area (Å²) < 4.78 is 4.51. The van der Waals surface area contributed by atoms with Gasteiger partial charge in [0, 0.05) is 20.9 Å². The van der Waals surface area contributed by atoms with Gasteiger partial charge in [-0.1, -0.05) is 0 Å². The van der Waals surface area contributed by atoms with Crippen LogP contribution in [-0.4, -0.2) is 18.9 Å². The topological polar surface area (TPSA) is 38.7 Å². The lowest BCUT2D eigenvalue weighted by Crippen LogP contribution is -2.03. The van der Waals surface area contributed by atoms with Gasteiger partial charge in [0.1, 0.15) is 0 Å². The summed E-state index contributed by atoms with van der Waals surface area (Å²) in [6, 6.07) is 0. The van der Waals surface area contributed by atoms with Gasteiger partial charge in [-0.25, -0.2) is 0 Å². The van der Waals surface area contributed by atoms with Crippen molar-refractivity contribution in [1.82, 2.24) is 0 Å². The molecule has 3 nitrogen and oxygen atoms in total. The Morgan fingerprint density at radius 3 is 2.12 bits per heavy atom. The highest BCUT2D eigenvalue weighted by Gasteiger charge is 1.91. The Balaban J connectivity index is 3.56. The number of hydrogen-bond donors (Lipinski definition) is 0. The van der Waals surface area contributed by atoms with Crippen molar-refractivity contribution in [2.24, 2.45) is 4.99 Å². The molecule has 0 fully saturated rings. The molecule has 0 aliphatic carbocycles. The highest BCUT2D eigenvalue weighted by Crippen LogP contribution is 1.78. The fraction of sp³-hybridized carbons (Fsp3) is 0.600. The van der Waals surface area contributed by atoms with Crippen molar-refractivity contribution in [3.05, 3.63) is 0 Å². The number of esters is 1. The second-order valence-electron chi connectivity index (χ2n) is 1.34. The van der Waals surface area contributed by atoms with Gasteiger partial charge in [0.15, 0.2) is 5.90 Å². The van der Waals surface area contributed by atoms with Crippen LogP contribution in [0.4, 0.5) is 0 Å². The monoisotopic (exact) mass is 115 g/mol. The maximum Gasteiger partial charge on any atom is 0.309 e. The Morgan fingerprint density at radius 1 is 1.50 bits per heavy atom. The molecular formula is C5H9NO2. The Labute approximate surface area is 48.4 Å². The first kappa shape index (κ1) is 7.14. The van der Waals surface area contributed by atoms with Crippen LogP contribution in [0.5, 0.6) is 0 Å². The quantitative estimate of drug-likeness (QED) is 0.263. The lowest BCUT2D eigenvalue weighted by molar-refractivity contribution is -0.133. The molecule has 0 aromatic carbocycles. The van der Waals surface area contributed by atoms with Crippen molar-refractivity contribution in [3.63, 3.8) is 0 Å². The smallest absolute Gasteiger partial charge is 0.309 e. The second-order valence-corrected chi connectivity index (χ2v) is 1.34. The SMILES string of the molecule is C/N=C(/C)OC(C)=O. The number of carbonyl (C=O) groups excluding carboxylic acids is 1. The summed E-state index contributed by atoms with van der Waals surface area (Å²) >= 11 is 0. The standard InChI is InChI=1S/C5H9NO2/c1-4(6-3)8-5(2)7/h1-3H3/b6-4-. The molecular weight excluding hydrogens is 106 g/mol. The zero-order chi connectivity index (χ0) is 6.57. The van der Waals surface area contributed by atoms with Crippen LogP contribution in [0.25, 0.3) is 0 Å². The second kappa shape index (κ2) is 3.18. The van der Waals surface area contributed by atoms with Crippen LogP contribution in [-0.2, 0) is 9.53 Å². The third-order valence-corrected chi connectivity index (χ3v) is 0.606. The van der Waals surface area contributed by atoms with Gasteiger partial charge < -0.3 is 4.74 Å². The molecule has 0 aliphatic rings. The molecule has 0 aliphatic heterocycles. The van der Waals surface area contributed by atoms with Crippen LogP contribution in [0.2, 0.25) is 0 Å². The van der Waals surface area contributed by atoms with Gasteiger partial charge in [0.2, 0.25) is 0 Å². The molecule has 0 unspecified atom stereocenters. The summed E-state index contributed by atoms with van der Waals surface area (Å²) in [5, 5.41) is 0. The maximum atomic E-state index is 10.1. The minimum Gasteiger partial charge on any atom is -0.412 e. The lowest BCUT2D eigenvalue weighted by Gasteiger charge is -1.94. The van der Waals surface area contributed by atoms with Crippen LogP contribution in [0, 0.1) is 0 Å². The number of ether oxygens (including phenoxy) is 1. The van der Waals surface area contributed by atoms with Gasteiger partial charge in [-0.3, -0.25) is 9.79 Å². The summed E-state index contributed by atoms with van der Waals surface area (Å²) in [6.45, 7) is 2.97. The maximum absolute atomic E-state index is 10.1. The molecule has 3 heteroatoms. The molecule has 8 heavy (non-hydrogen) atoms. The highest BCUT2D eigenvalue weighted by molar-refractivity contribution is 5.85. The number of hydrogen-bond acceptors (Lipinski definition) is 3. The van der Waals surface area contributed by atoms with Crippen LogP contribution < -0.4 is 0 Å². The molecule has 0 spiro atoms. The largest absolute Gasteiger partial charge is 0.412 e. The molecule has 0 radical (unpaired) electrons. The number of carbonyl (C=O) groups is 1. The van der Waals surface area contributed by atoms with Crippen LogP contribution >= 0.6 is 0 Å². The number of rotatable bonds is 0. The van der Waals surface area contributed by atoms with E-state index in [1.165, 1.54) is 6.92 Å². The normalized spacial score (nSPS) is 11.1. The minimum atomic E-state index is -0.326. The summed E-state index contributed by atoms with van der Waals surface area (Å²) in [5.74, 6) is 0.0746. The van der Waals surface area contributed by atoms with E-state index in [4.69, 9.17) is 0 Å². The third-order valence-electron chi connectivity index (χ3n) is 0.606. The Bertz CT molecular complexity index is 118. The Morgan fingerprint density at radius 2 is 2.00 bits per heavy atom. The first-order valence-corrected chi connectivity index (χ1v) is 2.28. The predicted octanol–water partition coefficient (Wildman–Crippen LogP) is 0.598. The fourth-order valence-corrected chi connectivity index (χ4v) is 0.254. The van der Waals surface area contributed by atoms with Gasteiger partial charge in [-0.05, 0) is 0 Å². The van der Waals surface area contributed by atoms with E-state index < -0.39 is 0 Å². The number of aliphatic imine (C=N–C) groups is 1. The van der Waals surface area contributed by atoms with E-state index >= 15 is 0 Å². The van der Waals surface area contributed by atoms with Crippen molar-refractivity contribution in [3.8, 4) is 0 Å². The van der Waals surface area contributed by atoms with Crippen molar-refractivity contribution in [1.29, 1.82) is 0 Å². The predicted molar refractivity (Wildman–Crippen MR) is 30.8 cm³/mol. The van der Waals surface area contributed by atoms with E-state index in [0.717, 1.165) is 0 Å².